The second kappa shape index (κ2) is 8.09. The van der Waals surface area contributed by atoms with Gasteiger partial charge in [-0.2, -0.15) is 0 Å². The summed E-state index contributed by atoms with van der Waals surface area (Å²) >= 11 is 6.68. The molecule has 0 spiro atoms. The number of benzene rings is 2. The summed E-state index contributed by atoms with van der Waals surface area (Å²) in [4.78, 5) is 2.33. The van der Waals surface area contributed by atoms with E-state index in [4.69, 9.17) is 21.1 Å². The predicted molar refractivity (Wildman–Crippen MR) is 110 cm³/mol. The lowest BCUT2D eigenvalue weighted by molar-refractivity contribution is -0.0549. The third-order valence-electron chi connectivity index (χ3n) is 4.94. The van der Waals surface area contributed by atoms with Gasteiger partial charge in [-0.3, -0.25) is 0 Å². The minimum Gasteiger partial charge on any atom is -0.497 e. The van der Waals surface area contributed by atoms with Crippen molar-refractivity contribution < 1.29 is 14.6 Å². The van der Waals surface area contributed by atoms with Crippen LogP contribution in [-0.4, -0.2) is 37.1 Å². The number of hydrogen-bond donors (Lipinski definition) is 1. The minimum absolute atomic E-state index is 0.00635. The van der Waals surface area contributed by atoms with Crippen LogP contribution in [0, 0.1) is 6.92 Å². The SMILES string of the molecule is COc1ccc(N2CC[C@@H](OCC(C)(C)O)[C@H]2c2cccc(C)c2Cl)cc1. The molecule has 146 valence electrons. The molecule has 0 radical (unpaired) electrons. The van der Waals surface area contributed by atoms with Crippen LogP contribution in [0.15, 0.2) is 42.5 Å². The third-order valence-corrected chi connectivity index (χ3v) is 5.45. The highest BCUT2D eigenvalue weighted by molar-refractivity contribution is 6.32. The first-order valence-electron chi connectivity index (χ1n) is 9.30. The Labute approximate surface area is 166 Å². The molecule has 0 aromatic heterocycles. The molecule has 5 heteroatoms. The number of halogens is 1. The van der Waals surface area contributed by atoms with Gasteiger partial charge in [0.2, 0.25) is 0 Å². The van der Waals surface area contributed by atoms with Crippen LogP contribution in [0.1, 0.15) is 37.4 Å². The van der Waals surface area contributed by atoms with Crippen LogP contribution in [-0.2, 0) is 4.74 Å². The molecule has 1 aliphatic rings. The Hall–Kier alpha value is -1.75. The van der Waals surface area contributed by atoms with Gasteiger partial charge in [0, 0.05) is 17.3 Å². The molecular weight excluding hydrogens is 362 g/mol. The monoisotopic (exact) mass is 389 g/mol. The lowest BCUT2D eigenvalue weighted by Crippen LogP contribution is -2.33. The zero-order valence-corrected chi connectivity index (χ0v) is 17.2. The van der Waals surface area contributed by atoms with Crippen LogP contribution < -0.4 is 9.64 Å². The molecule has 1 aliphatic heterocycles. The van der Waals surface area contributed by atoms with Crippen molar-refractivity contribution in [3.63, 3.8) is 0 Å². The number of ether oxygens (including phenoxy) is 2. The number of aryl methyl sites for hydroxylation is 1. The van der Waals surface area contributed by atoms with Crippen LogP contribution >= 0.6 is 11.6 Å². The molecule has 0 unspecified atom stereocenters. The van der Waals surface area contributed by atoms with E-state index < -0.39 is 5.60 Å². The molecule has 2 aromatic carbocycles. The van der Waals surface area contributed by atoms with Crippen molar-refractivity contribution in [1.82, 2.24) is 0 Å². The van der Waals surface area contributed by atoms with Gasteiger partial charge >= 0.3 is 0 Å². The lowest BCUT2D eigenvalue weighted by Gasteiger charge is -2.32. The first kappa shape index (κ1) is 20.0. The van der Waals surface area contributed by atoms with Crippen molar-refractivity contribution >= 4 is 17.3 Å². The molecule has 1 fully saturated rings. The van der Waals surface area contributed by atoms with E-state index in [2.05, 4.69) is 23.1 Å². The molecule has 0 amide bonds. The second-order valence-corrected chi connectivity index (χ2v) is 8.14. The number of rotatable bonds is 6. The van der Waals surface area contributed by atoms with Gasteiger partial charge in [0.25, 0.3) is 0 Å². The van der Waals surface area contributed by atoms with Crippen LogP contribution in [0.25, 0.3) is 0 Å². The average Bonchev–Trinajstić information content (AvgIpc) is 3.05. The molecule has 0 saturated carbocycles. The van der Waals surface area contributed by atoms with E-state index in [1.165, 1.54) is 0 Å². The van der Waals surface area contributed by atoms with Gasteiger partial charge < -0.3 is 19.5 Å². The van der Waals surface area contributed by atoms with Gasteiger partial charge in [-0.15, -0.1) is 0 Å². The number of methoxy groups -OCH3 is 1. The van der Waals surface area contributed by atoms with Gasteiger partial charge in [-0.05, 0) is 62.6 Å². The summed E-state index contributed by atoms with van der Waals surface area (Å²) in [6.07, 6.45) is 0.828. The highest BCUT2D eigenvalue weighted by atomic mass is 35.5. The average molecular weight is 390 g/mol. The number of anilines is 1. The lowest BCUT2D eigenvalue weighted by atomic mass is 9.99. The third kappa shape index (κ3) is 4.57. The molecule has 1 heterocycles. The van der Waals surface area contributed by atoms with Crippen LogP contribution in [0.4, 0.5) is 5.69 Å². The van der Waals surface area contributed by atoms with E-state index in [1.807, 2.05) is 31.2 Å². The van der Waals surface area contributed by atoms with Crippen LogP contribution in [0.5, 0.6) is 5.75 Å². The Bertz CT molecular complexity index is 770. The van der Waals surface area contributed by atoms with Gasteiger partial charge in [0.15, 0.2) is 0 Å². The molecule has 1 N–H and O–H groups in total. The molecule has 4 nitrogen and oxygen atoms in total. The highest BCUT2D eigenvalue weighted by Gasteiger charge is 2.38. The summed E-state index contributed by atoms with van der Waals surface area (Å²) in [5.74, 6) is 0.831. The summed E-state index contributed by atoms with van der Waals surface area (Å²) in [6.45, 7) is 6.69. The fraction of sp³-hybridized carbons (Fsp3) is 0.455. The Morgan fingerprint density at radius 3 is 2.52 bits per heavy atom. The molecule has 1 saturated heterocycles. The summed E-state index contributed by atoms with van der Waals surface area (Å²) in [7, 11) is 1.67. The normalized spacial score (nSPS) is 20.1. The first-order chi connectivity index (χ1) is 12.8. The van der Waals surface area contributed by atoms with Gasteiger partial charge in [0.1, 0.15) is 5.75 Å². The van der Waals surface area contributed by atoms with E-state index in [9.17, 15) is 5.11 Å². The van der Waals surface area contributed by atoms with Crippen molar-refractivity contribution in [2.75, 3.05) is 25.2 Å². The number of hydrogen-bond acceptors (Lipinski definition) is 4. The van der Waals surface area contributed by atoms with E-state index in [0.29, 0.717) is 0 Å². The fourth-order valence-corrected chi connectivity index (χ4v) is 3.82. The zero-order chi connectivity index (χ0) is 19.6. The van der Waals surface area contributed by atoms with Crippen LogP contribution in [0.2, 0.25) is 5.02 Å². The molecular formula is C22H28ClNO3. The molecule has 3 rings (SSSR count). The topological polar surface area (TPSA) is 41.9 Å². The van der Waals surface area contributed by atoms with E-state index in [-0.39, 0.29) is 18.8 Å². The van der Waals surface area contributed by atoms with Gasteiger partial charge in [-0.25, -0.2) is 0 Å². The van der Waals surface area contributed by atoms with E-state index >= 15 is 0 Å². The van der Waals surface area contributed by atoms with E-state index in [0.717, 1.165) is 40.6 Å². The van der Waals surface area contributed by atoms with E-state index in [1.54, 1.807) is 21.0 Å². The molecule has 0 bridgehead atoms. The Kier molecular flexibility index (Phi) is 5.99. The summed E-state index contributed by atoms with van der Waals surface area (Å²) in [6, 6.07) is 14.2. The van der Waals surface area contributed by atoms with Crippen molar-refractivity contribution in [3.8, 4) is 5.75 Å². The highest BCUT2D eigenvalue weighted by Crippen LogP contribution is 2.41. The molecule has 2 atom stereocenters. The minimum atomic E-state index is -0.867. The summed E-state index contributed by atoms with van der Waals surface area (Å²) < 4.78 is 11.4. The molecule has 2 aromatic rings. The first-order valence-corrected chi connectivity index (χ1v) is 9.67. The van der Waals surface area contributed by atoms with Crippen molar-refractivity contribution in [2.45, 2.75) is 44.9 Å². The van der Waals surface area contributed by atoms with Gasteiger partial charge in [0.05, 0.1) is 31.5 Å². The zero-order valence-electron chi connectivity index (χ0n) is 16.4. The Morgan fingerprint density at radius 1 is 1.19 bits per heavy atom. The number of aliphatic hydroxyl groups is 1. The van der Waals surface area contributed by atoms with Crippen molar-refractivity contribution in [2.24, 2.45) is 0 Å². The van der Waals surface area contributed by atoms with Crippen molar-refractivity contribution in [1.29, 1.82) is 0 Å². The van der Waals surface area contributed by atoms with Crippen LogP contribution in [0.3, 0.4) is 0 Å². The largest absolute Gasteiger partial charge is 0.497 e. The molecule has 0 aliphatic carbocycles. The molecule has 27 heavy (non-hydrogen) atoms. The number of nitrogens with zero attached hydrogens (tertiary/aromatic N) is 1. The summed E-state index contributed by atoms with van der Waals surface area (Å²) in [5.41, 5.74) is 2.35. The maximum absolute atomic E-state index is 10.1. The standard InChI is InChI=1S/C22H28ClNO3/c1-15-6-5-7-18(20(15)23)21-19(27-14-22(2,3)25)12-13-24(21)16-8-10-17(26-4)11-9-16/h5-11,19,21,25H,12-14H2,1-4H3/t19-,21-/m1/s1. The predicted octanol–water partition coefficient (Wildman–Crippen LogP) is 4.76. The summed E-state index contributed by atoms with van der Waals surface area (Å²) in [5, 5.41) is 10.9. The Balaban J connectivity index is 1.95. The maximum atomic E-state index is 10.1. The quantitative estimate of drug-likeness (QED) is 0.773. The maximum Gasteiger partial charge on any atom is 0.119 e. The Morgan fingerprint density at radius 2 is 1.89 bits per heavy atom. The second-order valence-electron chi connectivity index (χ2n) is 7.76. The van der Waals surface area contributed by atoms with Gasteiger partial charge in [-0.1, -0.05) is 29.8 Å². The van der Waals surface area contributed by atoms with Crippen molar-refractivity contribution in [3.05, 3.63) is 58.6 Å². The smallest absolute Gasteiger partial charge is 0.119 e. The fourth-order valence-electron chi connectivity index (χ4n) is 3.58.